The molecule has 2 rings (SSSR count). The van der Waals surface area contributed by atoms with Crippen molar-refractivity contribution in [1.82, 2.24) is 15.5 Å². The largest absolute Gasteiger partial charge is 0.354 e. The second kappa shape index (κ2) is 6.37. The van der Waals surface area contributed by atoms with Gasteiger partial charge in [0, 0.05) is 19.6 Å². The summed E-state index contributed by atoms with van der Waals surface area (Å²) in [7, 11) is 0. The number of rotatable bonds is 3. The Morgan fingerprint density at radius 3 is 2.89 bits per heavy atom. The molecule has 108 valence electrons. The lowest BCUT2D eigenvalue weighted by molar-refractivity contribution is -0.146. The van der Waals surface area contributed by atoms with E-state index in [0.29, 0.717) is 13.1 Å². The van der Waals surface area contributed by atoms with Crippen LogP contribution in [0.4, 0.5) is 0 Å². The lowest BCUT2D eigenvalue weighted by Crippen LogP contribution is -2.53. The predicted octanol–water partition coefficient (Wildman–Crippen LogP) is 0.505. The fourth-order valence-corrected chi connectivity index (χ4v) is 3.26. The third-order valence-corrected chi connectivity index (χ3v) is 4.20. The van der Waals surface area contributed by atoms with E-state index in [4.69, 9.17) is 0 Å². The minimum absolute atomic E-state index is 0.0266. The second-order valence-corrected chi connectivity index (χ2v) is 5.74. The summed E-state index contributed by atoms with van der Waals surface area (Å²) in [6.45, 7) is 5.49. The van der Waals surface area contributed by atoms with E-state index in [-0.39, 0.29) is 23.8 Å². The molecule has 2 amide bonds. The Morgan fingerprint density at radius 1 is 1.37 bits per heavy atom. The summed E-state index contributed by atoms with van der Waals surface area (Å²) in [5.41, 5.74) is -0.280. The molecule has 0 aromatic carbocycles. The molecular formula is C14H25N3O2. The Kier molecular flexibility index (Phi) is 4.80. The van der Waals surface area contributed by atoms with Gasteiger partial charge < -0.3 is 15.5 Å². The van der Waals surface area contributed by atoms with Crippen molar-refractivity contribution in [1.29, 1.82) is 0 Å². The molecule has 5 heteroatoms. The number of nitrogens with zero attached hydrogens (tertiary/aromatic N) is 1. The molecule has 0 saturated carbocycles. The molecule has 0 spiro atoms. The Balaban J connectivity index is 2.11. The van der Waals surface area contributed by atoms with Crippen molar-refractivity contribution < 1.29 is 9.59 Å². The van der Waals surface area contributed by atoms with Crippen LogP contribution in [0.3, 0.4) is 0 Å². The molecule has 1 atom stereocenters. The summed E-state index contributed by atoms with van der Waals surface area (Å²) in [6.07, 6.45) is 4.77. The number of piperidine rings is 1. The quantitative estimate of drug-likeness (QED) is 0.783. The van der Waals surface area contributed by atoms with E-state index >= 15 is 0 Å². The van der Waals surface area contributed by atoms with Crippen molar-refractivity contribution in [3.05, 3.63) is 0 Å². The maximum atomic E-state index is 12.9. The molecular weight excluding hydrogens is 242 g/mol. The highest BCUT2D eigenvalue weighted by molar-refractivity contribution is 5.88. The highest BCUT2D eigenvalue weighted by Crippen LogP contribution is 2.34. The van der Waals surface area contributed by atoms with Crippen LogP contribution in [-0.2, 0) is 9.59 Å². The molecule has 0 aromatic rings. The summed E-state index contributed by atoms with van der Waals surface area (Å²) in [4.78, 5) is 26.3. The average Bonchev–Trinajstić information content (AvgIpc) is 2.64. The SMILES string of the molecule is CCCC1(C(=O)N2CCCNC(=O)C2)CCCNC1. The Morgan fingerprint density at radius 2 is 2.21 bits per heavy atom. The number of hydrogen-bond acceptors (Lipinski definition) is 3. The van der Waals surface area contributed by atoms with Gasteiger partial charge in [-0.05, 0) is 32.2 Å². The van der Waals surface area contributed by atoms with Crippen LogP contribution in [0.1, 0.15) is 39.0 Å². The van der Waals surface area contributed by atoms with E-state index in [2.05, 4.69) is 17.6 Å². The molecule has 0 bridgehead atoms. The van der Waals surface area contributed by atoms with E-state index in [1.54, 1.807) is 4.90 Å². The predicted molar refractivity (Wildman–Crippen MR) is 73.7 cm³/mol. The monoisotopic (exact) mass is 267 g/mol. The molecule has 2 aliphatic rings. The highest BCUT2D eigenvalue weighted by Gasteiger charge is 2.41. The van der Waals surface area contributed by atoms with Crippen LogP contribution in [0.5, 0.6) is 0 Å². The number of amides is 2. The van der Waals surface area contributed by atoms with Crippen molar-refractivity contribution in [2.24, 2.45) is 5.41 Å². The molecule has 0 radical (unpaired) electrons. The Bertz CT molecular complexity index is 332. The van der Waals surface area contributed by atoms with Gasteiger partial charge in [-0.2, -0.15) is 0 Å². The van der Waals surface area contributed by atoms with Crippen LogP contribution >= 0.6 is 0 Å². The highest BCUT2D eigenvalue weighted by atomic mass is 16.2. The lowest BCUT2D eigenvalue weighted by Gasteiger charge is -2.39. The zero-order valence-corrected chi connectivity index (χ0v) is 11.8. The molecule has 2 aliphatic heterocycles. The second-order valence-electron chi connectivity index (χ2n) is 5.74. The minimum Gasteiger partial charge on any atom is -0.354 e. The maximum absolute atomic E-state index is 12.9. The Labute approximate surface area is 115 Å². The standard InChI is InChI=1S/C14H25N3O2/c1-2-5-14(6-3-7-15-11-14)13(19)17-9-4-8-16-12(18)10-17/h15H,2-11H2,1H3,(H,16,18). The topological polar surface area (TPSA) is 61.4 Å². The van der Waals surface area contributed by atoms with E-state index in [1.165, 1.54) is 0 Å². The summed E-state index contributed by atoms with van der Waals surface area (Å²) < 4.78 is 0. The number of hydrogen-bond donors (Lipinski definition) is 2. The lowest BCUT2D eigenvalue weighted by atomic mass is 9.75. The van der Waals surface area contributed by atoms with Crippen LogP contribution in [0, 0.1) is 5.41 Å². The first kappa shape index (κ1) is 14.3. The van der Waals surface area contributed by atoms with Gasteiger partial charge in [-0.25, -0.2) is 0 Å². The summed E-state index contributed by atoms with van der Waals surface area (Å²) in [5, 5.41) is 6.19. The van der Waals surface area contributed by atoms with Crippen LogP contribution in [0.15, 0.2) is 0 Å². The third kappa shape index (κ3) is 3.26. The van der Waals surface area contributed by atoms with Gasteiger partial charge in [-0.15, -0.1) is 0 Å². The first-order valence-electron chi connectivity index (χ1n) is 7.45. The van der Waals surface area contributed by atoms with E-state index < -0.39 is 0 Å². The van der Waals surface area contributed by atoms with Gasteiger partial charge in [-0.3, -0.25) is 9.59 Å². The Hall–Kier alpha value is -1.10. The first-order valence-corrected chi connectivity index (χ1v) is 7.45. The average molecular weight is 267 g/mol. The van der Waals surface area contributed by atoms with Gasteiger partial charge in [0.1, 0.15) is 0 Å². The fraction of sp³-hybridized carbons (Fsp3) is 0.857. The van der Waals surface area contributed by atoms with Gasteiger partial charge in [0.25, 0.3) is 0 Å². The number of nitrogens with one attached hydrogen (secondary N) is 2. The molecule has 0 aliphatic carbocycles. The summed E-state index contributed by atoms with van der Waals surface area (Å²) >= 11 is 0. The van der Waals surface area contributed by atoms with E-state index in [1.807, 2.05) is 0 Å². The van der Waals surface area contributed by atoms with Gasteiger partial charge >= 0.3 is 0 Å². The van der Waals surface area contributed by atoms with Crippen molar-refractivity contribution in [2.75, 3.05) is 32.7 Å². The van der Waals surface area contributed by atoms with Gasteiger partial charge in [-0.1, -0.05) is 13.3 Å². The molecule has 2 fully saturated rings. The molecule has 2 N–H and O–H groups in total. The molecule has 2 saturated heterocycles. The van der Waals surface area contributed by atoms with Gasteiger partial charge in [0.2, 0.25) is 11.8 Å². The third-order valence-electron chi connectivity index (χ3n) is 4.20. The van der Waals surface area contributed by atoms with Crippen molar-refractivity contribution >= 4 is 11.8 Å². The molecule has 2 heterocycles. The van der Waals surface area contributed by atoms with Gasteiger partial charge in [0.15, 0.2) is 0 Å². The summed E-state index contributed by atoms with van der Waals surface area (Å²) in [6, 6.07) is 0. The summed E-state index contributed by atoms with van der Waals surface area (Å²) in [5.74, 6) is 0.153. The van der Waals surface area contributed by atoms with Crippen molar-refractivity contribution in [3.63, 3.8) is 0 Å². The van der Waals surface area contributed by atoms with Crippen LogP contribution < -0.4 is 10.6 Å². The van der Waals surface area contributed by atoms with Crippen LogP contribution in [0.2, 0.25) is 0 Å². The fourth-order valence-electron chi connectivity index (χ4n) is 3.26. The zero-order valence-electron chi connectivity index (χ0n) is 11.8. The smallest absolute Gasteiger partial charge is 0.239 e. The number of carbonyl (C=O) groups is 2. The minimum atomic E-state index is -0.280. The van der Waals surface area contributed by atoms with Crippen LogP contribution in [-0.4, -0.2) is 49.4 Å². The normalized spacial score (nSPS) is 28.7. The molecule has 19 heavy (non-hydrogen) atoms. The number of carbonyl (C=O) groups excluding carboxylic acids is 2. The molecule has 1 unspecified atom stereocenters. The molecule has 5 nitrogen and oxygen atoms in total. The maximum Gasteiger partial charge on any atom is 0.239 e. The molecule has 0 aromatic heterocycles. The van der Waals surface area contributed by atoms with Gasteiger partial charge in [0.05, 0.1) is 12.0 Å². The van der Waals surface area contributed by atoms with Crippen molar-refractivity contribution in [3.8, 4) is 0 Å². The van der Waals surface area contributed by atoms with E-state index in [0.717, 1.165) is 45.2 Å². The zero-order chi connectivity index (χ0) is 13.7. The van der Waals surface area contributed by atoms with Crippen molar-refractivity contribution in [2.45, 2.75) is 39.0 Å². The van der Waals surface area contributed by atoms with E-state index in [9.17, 15) is 9.59 Å². The van der Waals surface area contributed by atoms with Crippen LogP contribution in [0.25, 0.3) is 0 Å². The first-order chi connectivity index (χ1) is 9.18.